The predicted octanol–water partition coefficient (Wildman–Crippen LogP) is 1.79. The van der Waals surface area contributed by atoms with Crippen LogP contribution in [0, 0.1) is 7.05 Å². The summed E-state index contributed by atoms with van der Waals surface area (Å²) in [4.78, 5) is 0. The summed E-state index contributed by atoms with van der Waals surface area (Å²) in [7, 11) is 3.65. The molecule has 0 aliphatic rings. The molecule has 0 saturated heterocycles. The Morgan fingerprint density at radius 2 is 2.10 bits per heavy atom. The molecule has 0 bridgehead atoms. The van der Waals surface area contributed by atoms with Crippen molar-refractivity contribution in [1.29, 1.82) is 0 Å². The van der Waals surface area contributed by atoms with Crippen molar-refractivity contribution < 1.29 is 0 Å². The topological polar surface area (TPSA) is 15.3 Å². The van der Waals surface area contributed by atoms with Crippen molar-refractivity contribution >= 4 is 0 Å². The van der Waals surface area contributed by atoms with Crippen LogP contribution in [-0.4, -0.2) is 17.6 Å². The molecule has 0 amide bonds. The van der Waals surface area contributed by atoms with Crippen LogP contribution in [0.2, 0.25) is 0 Å². The molecule has 61 valence electrons. The van der Waals surface area contributed by atoms with Gasteiger partial charge in [0.2, 0.25) is 0 Å². The molecular formula is C8H19N2. The third kappa shape index (κ3) is 3.18. The lowest BCUT2D eigenvalue weighted by Gasteiger charge is -2.26. The number of hydrazine groups is 1. The Balaban J connectivity index is 3.56. The van der Waals surface area contributed by atoms with Gasteiger partial charge in [0.25, 0.3) is 0 Å². The third-order valence-corrected chi connectivity index (χ3v) is 1.79. The van der Waals surface area contributed by atoms with Crippen LogP contribution in [0.5, 0.6) is 0 Å². The maximum Gasteiger partial charge on any atom is 0.0242 e. The van der Waals surface area contributed by atoms with Gasteiger partial charge in [0.15, 0.2) is 0 Å². The van der Waals surface area contributed by atoms with E-state index in [1.165, 1.54) is 12.8 Å². The molecule has 0 heterocycles. The molecule has 1 unspecified atom stereocenters. The van der Waals surface area contributed by atoms with Crippen molar-refractivity contribution in [3.63, 3.8) is 0 Å². The second kappa shape index (κ2) is 5.69. The molecule has 2 heteroatoms. The summed E-state index contributed by atoms with van der Waals surface area (Å²) >= 11 is 0. The van der Waals surface area contributed by atoms with Crippen LogP contribution >= 0.6 is 0 Å². The molecule has 0 rings (SSSR count). The Morgan fingerprint density at radius 1 is 1.50 bits per heavy atom. The maximum absolute atomic E-state index is 3.65. The van der Waals surface area contributed by atoms with Crippen molar-refractivity contribution in [1.82, 2.24) is 10.4 Å². The summed E-state index contributed by atoms with van der Waals surface area (Å²) in [6, 6.07) is 0.595. The zero-order valence-electron chi connectivity index (χ0n) is 7.35. The van der Waals surface area contributed by atoms with Crippen LogP contribution < -0.4 is 5.43 Å². The second-order valence-corrected chi connectivity index (χ2v) is 2.61. The fraction of sp³-hybridized carbons (Fsp3) is 0.875. The lowest BCUT2D eigenvalue weighted by Crippen LogP contribution is -2.41. The van der Waals surface area contributed by atoms with E-state index in [2.05, 4.69) is 38.3 Å². The van der Waals surface area contributed by atoms with E-state index >= 15 is 0 Å². The highest BCUT2D eigenvalue weighted by Crippen LogP contribution is 1.99. The molecule has 1 atom stereocenters. The summed E-state index contributed by atoms with van der Waals surface area (Å²) in [6.07, 6.45) is 2.34. The average molecular weight is 143 g/mol. The molecule has 0 fully saturated rings. The smallest absolute Gasteiger partial charge is 0.0242 e. The van der Waals surface area contributed by atoms with Gasteiger partial charge >= 0.3 is 0 Å². The number of hydrogen-bond acceptors (Lipinski definition) is 2. The van der Waals surface area contributed by atoms with Crippen LogP contribution in [-0.2, 0) is 0 Å². The Kier molecular flexibility index (Phi) is 5.64. The first-order valence-corrected chi connectivity index (χ1v) is 4.05. The van der Waals surface area contributed by atoms with Gasteiger partial charge in [-0.3, -0.25) is 5.43 Å². The SMILES string of the molecule is [CH2]NN(CCC)C(C)CC. The highest BCUT2D eigenvalue weighted by molar-refractivity contribution is 4.59. The van der Waals surface area contributed by atoms with Crippen LogP contribution in [0.4, 0.5) is 0 Å². The normalized spacial score (nSPS) is 14.1. The van der Waals surface area contributed by atoms with E-state index in [0.29, 0.717) is 6.04 Å². The molecule has 2 nitrogen and oxygen atoms in total. The lowest BCUT2D eigenvalue weighted by molar-refractivity contribution is 0.156. The van der Waals surface area contributed by atoms with Gasteiger partial charge in [-0.25, -0.2) is 5.01 Å². The Bertz CT molecular complexity index is 73.7. The minimum atomic E-state index is 0.595. The third-order valence-electron chi connectivity index (χ3n) is 1.79. The van der Waals surface area contributed by atoms with Crippen molar-refractivity contribution in [2.24, 2.45) is 0 Å². The summed E-state index contributed by atoms with van der Waals surface area (Å²) < 4.78 is 0. The Labute approximate surface area is 64.6 Å². The number of nitrogens with zero attached hydrogens (tertiary/aromatic N) is 1. The first kappa shape index (κ1) is 9.92. The summed E-state index contributed by atoms with van der Waals surface area (Å²) in [5.41, 5.74) is 2.94. The first-order valence-electron chi connectivity index (χ1n) is 4.05. The molecule has 0 aromatic heterocycles. The van der Waals surface area contributed by atoms with Gasteiger partial charge in [0.1, 0.15) is 0 Å². The summed E-state index contributed by atoms with van der Waals surface area (Å²) in [6.45, 7) is 7.64. The minimum absolute atomic E-state index is 0.595. The fourth-order valence-electron chi connectivity index (χ4n) is 0.917. The Hall–Kier alpha value is -0.0800. The van der Waals surface area contributed by atoms with Gasteiger partial charge in [0.05, 0.1) is 0 Å². The minimum Gasteiger partial charge on any atom is -0.254 e. The van der Waals surface area contributed by atoms with E-state index in [0.717, 1.165) is 6.54 Å². The van der Waals surface area contributed by atoms with E-state index in [1.54, 1.807) is 0 Å². The van der Waals surface area contributed by atoms with Crippen molar-refractivity contribution in [3.8, 4) is 0 Å². The van der Waals surface area contributed by atoms with E-state index < -0.39 is 0 Å². The van der Waals surface area contributed by atoms with Crippen LogP contribution in [0.15, 0.2) is 0 Å². The van der Waals surface area contributed by atoms with Gasteiger partial charge in [-0.15, -0.1) is 0 Å². The molecule has 10 heavy (non-hydrogen) atoms. The molecule has 0 saturated carbocycles. The molecule has 0 aliphatic carbocycles. The fourth-order valence-corrected chi connectivity index (χ4v) is 0.917. The largest absolute Gasteiger partial charge is 0.254 e. The second-order valence-electron chi connectivity index (χ2n) is 2.61. The number of nitrogens with one attached hydrogen (secondary N) is 1. The maximum atomic E-state index is 3.65. The molecule has 0 aliphatic heterocycles. The van der Waals surface area contributed by atoms with E-state index in [9.17, 15) is 0 Å². The zero-order chi connectivity index (χ0) is 7.98. The van der Waals surface area contributed by atoms with Gasteiger partial charge in [-0.2, -0.15) is 0 Å². The average Bonchev–Trinajstić information content (AvgIpc) is 1.99. The molecular weight excluding hydrogens is 124 g/mol. The summed E-state index contributed by atoms with van der Waals surface area (Å²) in [5, 5.41) is 2.17. The van der Waals surface area contributed by atoms with Gasteiger partial charge in [-0.1, -0.05) is 13.8 Å². The molecule has 0 spiro atoms. The van der Waals surface area contributed by atoms with Gasteiger partial charge in [0, 0.05) is 19.6 Å². The molecule has 0 aromatic carbocycles. The van der Waals surface area contributed by atoms with Gasteiger partial charge < -0.3 is 0 Å². The van der Waals surface area contributed by atoms with E-state index in [4.69, 9.17) is 0 Å². The first-order chi connectivity index (χ1) is 4.76. The van der Waals surface area contributed by atoms with Crippen LogP contribution in [0.25, 0.3) is 0 Å². The van der Waals surface area contributed by atoms with Crippen LogP contribution in [0.1, 0.15) is 33.6 Å². The molecule has 1 radical (unpaired) electrons. The van der Waals surface area contributed by atoms with E-state index in [-0.39, 0.29) is 0 Å². The molecule has 0 aromatic rings. The van der Waals surface area contributed by atoms with E-state index in [1.807, 2.05) is 0 Å². The predicted molar refractivity (Wildman–Crippen MR) is 45.2 cm³/mol. The summed E-state index contributed by atoms with van der Waals surface area (Å²) in [5.74, 6) is 0. The number of rotatable bonds is 5. The highest BCUT2D eigenvalue weighted by atomic mass is 15.5. The highest BCUT2D eigenvalue weighted by Gasteiger charge is 2.06. The quantitative estimate of drug-likeness (QED) is 0.590. The monoisotopic (exact) mass is 143 g/mol. The van der Waals surface area contributed by atoms with Crippen molar-refractivity contribution in [3.05, 3.63) is 7.05 Å². The zero-order valence-corrected chi connectivity index (χ0v) is 7.35. The number of hydrogen-bond donors (Lipinski definition) is 1. The lowest BCUT2D eigenvalue weighted by atomic mass is 10.2. The molecule has 1 N–H and O–H groups in total. The standard InChI is InChI=1S/C8H19N2/c1-5-7-10(9-4)8(3)6-2/h8-9H,4-7H2,1-3H3. The van der Waals surface area contributed by atoms with Crippen molar-refractivity contribution in [2.75, 3.05) is 6.54 Å². The van der Waals surface area contributed by atoms with Crippen LogP contribution in [0.3, 0.4) is 0 Å². The van der Waals surface area contributed by atoms with Crippen molar-refractivity contribution in [2.45, 2.75) is 39.7 Å². The van der Waals surface area contributed by atoms with Gasteiger partial charge in [-0.05, 0) is 19.8 Å². The Morgan fingerprint density at radius 3 is 2.40 bits per heavy atom.